The summed E-state index contributed by atoms with van der Waals surface area (Å²) in [7, 11) is 4.07. The van der Waals surface area contributed by atoms with Crippen molar-refractivity contribution in [3.8, 4) is 0 Å². The minimum Gasteiger partial charge on any atom is -0.370 e. The van der Waals surface area contributed by atoms with E-state index in [0.29, 0.717) is 5.41 Å². The van der Waals surface area contributed by atoms with Gasteiger partial charge in [-0.05, 0) is 68.4 Å². The van der Waals surface area contributed by atoms with Crippen LogP contribution >= 0.6 is 35.2 Å². The lowest BCUT2D eigenvalue weighted by atomic mass is 9.82. The Balaban J connectivity index is 1.64. The van der Waals surface area contributed by atoms with Crippen molar-refractivity contribution in [3.63, 3.8) is 0 Å². The number of nitrogens with zero attached hydrogens (tertiary/aromatic N) is 3. The highest BCUT2D eigenvalue weighted by Crippen LogP contribution is 2.37. The number of para-hydroxylation sites is 2. The number of hydrogen-bond acceptors (Lipinski definition) is 7. The molecule has 3 rings (SSSR count). The summed E-state index contributed by atoms with van der Waals surface area (Å²) in [6, 6.07) is 8.61. The van der Waals surface area contributed by atoms with Crippen LogP contribution in [0.5, 0.6) is 0 Å². The van der Waals surface area contributed by atoms with Gasteiger partial charge in [0, 0.05) is 13.1 Å². The molecule has 25 heavy (non-hydrogen) atoms. The van der Waals surface area contributed by atoms with Crippen LogP contribution < -0.4 is 9.62 Å². The Labute approximate surface area is 163 Å². The summed E-state index contributed by atoms with van der Waals surface area (Å²) in [5.74, 6) is 0. The van der Waals surface area contributed by atoms with Crippen LogP contribution in [0.15, 0.2) is 39.0 Å². The molecule has 1 N–H and O–H groups in total. The molecule has 0 amide bonds. The Kier molecular flexibility index (Phi) is 6.20. The minimum absolute atomic E-state index is 0.469. The highest BCUT2D eigenvalue weighted by atomic mass is 32.2. The molecule has 1 aliphatic heterocycles. The number of anilines is 2. The number of benzene rings is 1. The zero-order chi connectivity index (χ0) is 17.9. The molecule has 2 aromatic rings. The maximum absolute atomic E-state index is 4.47. The first kappa shape index (κ1) is 18.9. The SMILES string of the molecule is CN(C)Sc1ncc(SNc2ccccc2N2CCC(C)(C)CC2)s1. The third-order valence-electron chi connectivity index (χ3n) is 4.35. The molecule has 1 saturated heterocycles. The van der Waals surface area contributed by atoms with E-state index in [9.17, 15) is 0 Å². The van der Waals surface area contributed by atoms with Gasteiger partial charge in [0.25, 0.3) is 0 Å². The van der Waals surface area contributed by atoms with E-state index < -0.39 is 0 Å². The van der Waals surface area contributed by atoms with Crippen molar-refractivity contribution >= 4 is 46.6 Å². The highest BCUT2D eigenvalue weighted by molar-refractivity contribution is 8.03. The predicted octanol–water partition coefficient (Wildman–Crippen LogP) is 5.46. The van der Waals surface area contributed by atoms with E-state index in [-0.39, 0.29) is 0 Å². The summed E-state index contributed by atoms with van der Waals surface area (Å²) in [5, 5.41) is 0. The van der Waals surface area contributed by atoms with Crippen LogP contribution in [0.2, 0.25) is 0 Å². The Hall–Kier alpha value is -0.890. The van der Waals surface area contributed by atoms with E-state index in [1.54, 1.807) is 35.2 Å². The summed E-state index contributed by atoms with van der Waals surface area (Å²) in [4.78, 5) is 6.97. The van der Waals surface area contributed by atoms with Crippen LogP contribution in [-0.4, -0.2) is 36.5 Å². The molecule has 0 aliphatic carbocycles. The molecule has 4 nitrogen and oxygen atoms in total. The van der Waals surface area contributed by atoms with Crippen molar-refractivity contribution < 1.29 is 0 Å². The summed E-state index contributed by atoms with van der Waals surface area (Å²) in [6.45, 7) is 7.00. The van der Waals surface area contributed by atoms with Gasteiger partial charge in [-0.25, -0.2) is 4.98 Å². The van der Waals surface area contributed by atoms with Crippen molar-refractivity contribution in [1.82, 2.24) is 9.29 Å². The third kappa shape index (κ3) is 5.29. The Bertz CT molecular complexity index is 689. The standard InChI is InChI=1S/C18H26N4S3/c1-18(2)9-11-22(12-10-18)15-8-6-5-7-14(15)20-24-16-13-19-17(23-16)25-21(3)4/h5-8,13,20H,9-12H2,1-4H3. The van der Waals surface area contributed by atoms with Crippen molar-refractivity contribution in [1.29, 1.82) is 0 Å². The number of piperidine rings is 1. The quantitative estimate of drug-likeness (QED) is 0.655. The average Bonchev–Trinajstić information content (AvgIpc) is 3.00. The maximum atomic E-state index is 4.47. The minimum atomic E-state index is 0.469. The molecule has 136 valence electrons. The molecule has 1 fully saturated rings. The van der Waals surface area contributed by atoms with Crippen molar-refractivity contribution in [3.05, 3.63) is 30.5 Å². The zero-order valence-electron chi connectivity index (χ0n) is 15.3. The monoisotopic (exact) mass is 394 g/mol. The molecule has 0 unspecified atom stereocenters. The zero-order valence-corrected chi connectivity index (χ0v) is 17.7. The van der Waals surface area contributed by atoms with E-state index in [2.05, 4.69) is 57.0 Å². The highest BCUT2D eigenvalue weighted by Gasteiger charge is 2.26. The van der Waals surface area contributed by atoms with Gasteiger partial charge in [-0.2, -0.15) is 0 Å². The van der Waals surface area contributed by atoms with Gasteiger partial charge in [0.15, 0.2) is 4.34 Å². The van der Waals surface area contributed by atoms with E-state index in [1.807, 2.05) is 20.3 Å². The molecule has 1 aromatic carbocycles. The van der Waals surface area contributed by atoms with Crippen LogP contribution in [0.4, 0.5) is 11.4 Å². The number of aromatic nitrogens is 1. The average molecular weight is 395 g/mol. The Morgan fingerprint density at radius 3 is 2.64 bits per heavy atom. The van der Waals surface area contributed by atoms with Crippen LogP contribution in [0.25, 0.3) is 0 Å². The number of hydrogen-bond donors (Lipinski definition) is 1. The van der Waals surface area contributed by atoms with Gasteiger partial charge >= 0.3 is 0 Å². The molecule has 2 heterocycles. The van der Waals surface area contributed by atoms with Crippen LogP contribution in [0.3, 0.4) is 0 Å². The molecule has 0 radical (unpaired) electrons. The second kappa shape index (κ2) is 8.20. The fourth-order valence-electron chi connectivity index (χ4n) is 2.78. The number of nitrogens with one attached hydrogen (secondary N) is 1. The number of rotatable bonds is 6. The Morgan fingerprint density at radius 2 is 1.92 bits per heavy atom. The smallest absolute Gasteiger partial charge is 0.166 e. The second-order valence-electron chi connectivity index (χ2n) is 7.22. The molecule has 7 heteroatoms. The first-order chi connectivity index (χ1) is 11.9. The maximum Gasteiger partial charge on any atom is 0.166 e. The summed E-state index contributed by atoms with van der Waals surface area (Å²) in [6.07, 6.45) is 4.43. The number of thiazole rings is 1. The van der Waals surface area contributed by atoms with Crippen LogP contribution in [0.1, 0.15) is 26.7 Å². The fraction of sp³-hybridized carbons (Fsp3) is 0.500. The van der Waals surface area contributed by atoms with Gasteiger partial charge in [-0.15, -0.1) is 0 Å². The van der Waals surface area contributed by atoms with Crippen LogP contribution in [0, 0.1) is 5.41 Å². The Morgan fingerprint density at radius 1 is 1.20 bits per heavy atom. The first-order valence-corrected chi connectivity index (χ1v) is 10.9. The largest absolute Gasteiger partial charge is 0.370 e. The predicted molar refractivity (Wildman–Crippen MR) is 113 cm³/mol. The molecule has 0 saturated carbocycles. The van der Waals surface area contributed by atoms with Crippen molar-refractivity contribution in [2.75, 3.05) is 36.8 Å². The second-order valence-corrected chi connectivity index (χ2v) is 10.9. The molecule has 1 aromatic heterocycles. The van der Waals surface area contributed by atoms with Gasteiger partial charge in [0.05, 0.1) is 17.6 Å². The lowest BCUT2D eigenvalue weighted by Gasteiger charge is -2.38. The third-order valence-corrected chi connectivity index (χ3v) is 7.16. The van der Waals surface area contributed by atoms with E-state index >= 15 is 0 Å². The lowest BCUT2D eigenvalue weighted by molar-refractivity contribution is 0.280. The van der Waals surface area contributed by atoms with Gasteiger partial charge in [0.1, 0.15) is 4.21 Å². The molecular formula is C18H26N4S3. The first-order valence-electron chi connectivity index (χ1n) is 8.51. The normalized spacial score (nSPS) is 17.1. The molecule has 1 aliphatic rings. The lowest BCUT2D eigenvalue weighted by Crippen LogP contribution is -2.37. The summed E-state index contributed by atoms with van der Waals surface area (Å²) in [5.41, 5.74) is 2.96. The summed E-state index contributed by atoms with van der Waals surface area (Å²) < 4.78 is 7.85. The fourth-order valence-corrected chi connectivity index (χ4v) is 5.62. The molecule has 0 atom stereocenters. The van der Waals surface area contributed by atoms with Crippen molar-refractivity contribution in [2.24, 2.45) is 5.41 Å². The van der Waals surface area contributed by atoms with Crippen LogP contribution in [-0.2, 0) is 0 Å². The molecular weight excluding hydrogens is 368 g/mol. The summed E-state index contributed by atoms with van der Waals surface area (Å²) >= 11 is 5.02. The van der Waals surface area contributed by atoms with E-state index in [0.717, 1.165) is 17.4 Å². The van der Waals surface area contributed by atoms with E-state index in [4.69, 9.17) is 0 Å². The van der Waals surface area contributed by atoms with Gasteiger partial charge < -0.3 is 9.62 Å². The van der Waals surface area contributed by atoms with Gasteiger partial charge in [-0.1, -0.05) is 37.3 Å². The van der Waals surface area contributed by atoms with Gasteiger partial charge in [0.2, 0.25) is 0 Å². The molecule has 0 bridgehead atoms. The van der Waals surface area contributed by atoms with Gasteiger partial charge in [-0.3, -0.25) is 4.31 Å². The van der Waals surface area contributed by atoms with E-state index in [1.165, 1.54) is 28.4 Å². The topological polar surface area (TPSA) is 31.4 Å². The molecule has 0 spiro atoms. The van der Waals surface area contributed by atoms with Crippen molar-refractivity contribution in [2.45, 2.75) is 35.2 Å².